The predicted octanol–water partition coefficient (Wildman–Crippen LogP) is 3.78. The van der Waals surface area contributed by atoms with E-state index in [1.807, 2.05) is 25.1 Å². The van der Waals surface area contributed by atoms with Crippen LogP contribution >= 0.6 is 0 Å². The van der Waals surface area contributed by atoms with E-state index in [2.05, 4.69) is 24.7 Å². The van der Waals surface area contributed by atoms with Gasteiger partial charge in [-0.3, -0.25) is 4.98 Å². The minimum Gasteiger partial charge on any atom is -0.265 e. The quantitative estimate of drug-likeness (QED) is 0.669. The molecule has 0 aliphatic carbocycles. The number of hydrogen-bond acceptors (Lipinski definition) is 1. The third-order valence-electron chi connectivity index (χ3n) is 2.12. The van der Waals surface area contributed by atoms with Crippen molar-refractivity contribution >= 4 is 5.57 Å². The molecule has 0 spiro atoms. The first-order valence-electron chi connectivity index (χ1n) is 4.75. The van der Waals surface area contributed by atoms with Crippen LogP contribution in [-0.2, 0) is 0 Å². The molecule has 0 aliphatic heterocycles. The highest BCUT2D eigenvalue weighted by Gasteiger charge is 2.05. The molecule has 76 valence electrons. The van der Waals surface area contributed by atoms with Crippen LogP contribution in [0.25, 0.3) is 5.57 Å². The summed E-state index contributed by atoms with van der Waals surface area (Å²) in [6.07, 6.45) is 7.21. The first-order valence-corrected chi connectivity index (χ1v) is 4.75. The Morgan fingerprint density at radius 3 is 2.33 bits per heavy atom. The number of allylic oxidation sites excluding steroid dienone is 5. The monoisotopic (exact) mass is 197 g/mol. The van der Waals surface area contributed by atoms with Gasteiger partial charge in [-0.1, -0.05) is 37.5 Å². The second kappa shape index (κ2) is 5.11. The van der Waals surface area contributed by atoms with Crippen molar-refractivity contribution in [2.75, 3.05) is 0 Å². The number of hydrogen-bond donors (Lipinski definition) is 0. The lowest BCUT2D eigenvalue weighted by molar-refractivity contribution is 1.31. The molecule has 1 heteroatoms. The Labute approximate surface area is 91.2 Å². The first kappa shape index (κ1) is 11.2. The largest absolute Gasteiger partial charge is 0.265 e. The number of aromatic nitrogens is 1. The van der Waals surface area contributed by atoms with Crippen molar-refractivity contribution in [1.29, 1.82) is 0 Å². The molecule has 15 heavy (non-hydrogen) atoms. The zero-order valence-corrected chi connectivity index (χ0v) is 9.03. The van der Waals surface area contributed by atoms with E-state index < -0.39 is 0 Å². The minimum atomic E-state index is 0.932. The number of pyridine rings is 1. The van der Waals surface area contributed by atoms with Crippen molar-refractivity contribution in [3.63, 3.8) is 0 Å². The summed E-state index contributed by atoms with van der Waals surface area (Å²) in [4.78, 5) is 3.99. The Hall–Kier alpha value is -1.89. The summed E-state index contributed by atoms with van der Waals surface area (Å²) in [5.41, 5.74) is 4.01. The van der Waals surface area contributed by atoms with Crippen LogP contribution in [0.15, 0.2) is 67.6 Å². The molecular formula is C14H15N. The third-order valence-corrected chi connectivity index (χ3v) is 2.12. The number of rotatable bonds is 4. The highest BCUT2D eigenvalue weighted by molar-refractivity contribution is 5.83. The molecule has 1 rings (SSSR count). The summed E-state index contributed by atoms with van der Waals surface area (Å²) in [5.74, 6) is 0. The van der Waals surface area contributed by atoms with Crippen molar-refractivity contribution in [2.24, 2.45) is 0 Å². The fourth-order valence-electron chi connectivity index (χ4n) is 1.25. The molecule has 0 atom stereocenters. The molecule has 0 saturated carbocycles. The molecule has 1 aromatic heterocycles. The normalized spacial score (nSPS) is 10.9. The molecule has 0 unspecified atom stereocenters. The molecule has 0 aromatic carbocycles. The van der Waals surface area contributed by atoms with Gasteiger partial charge in [-0.2, -0.15) is 0 Å². The van der Waals surface area contributed by atoms with Crippen molar-refractivity contribution in [1.82, 2.24) is 4.98 Å². The van der Waals surface area contributed by atoms with Gasteiger partial charge in [-0.25, -0.2) is 0 Å². The zero-order chi connectivity index (χ0) is 11.3. The van der Waals surface area contributed by atoms with E-state index in [1.54, 1.807) is 18.5 Å². The van der Waals surface area contributed by atoms with Crippen molar-refractivity contribution < 1.29 is 0 Å². The highest BCUT2D eigenvalue weighted by atomic mass is 14.6. The zero-order valence-electron chi connectivity index (χ0n) is 9.03. The van der Waals surface area contributed by atoms with Gasteiger partial charge in [0.1, 0.15) is 0 Å². The average molecular weight is 197 g/mol. The van der Waals surface area contributed by atoms with Crippen LogP contribution in [-0.4, -0.2) is 4.98 Å². The van der Waals surface area contributed by atoms with Crippen LogP contribution in [0.4, 0.5) is 0 Å². The lowest BCUT2D eigenvalue weighted by atomic mass is 9.95. The summed E-state index contributed by atoms with van der Waals surface area (Å²) in [6.45, 7) is 13.6. The molecule has 0 saturated heterocycles. The van der Waals surface area contributed by atoms with E-state index >= 15 is 0 Å². The average Bonchev–Trinajstić information content (AvgIpc) is 2.26. The maximum absolute atomic E-state index is 4.01. The lowest BCUT2D eigenvalue weighted by Gasteiger charge is -2.10. The Morgan fingerprint density at radius 1 is 1.27 bits per heavy atom. The van der Waals surface area contributed by atoms with E-state index in [0.717, 1.165) is 22.3 Å². The molecule has 0 bridgehead atoms. The SMILES string of the molecule is C=C/C=C(\C(=C)C(=C)C)c1ccncc1. The maximum Gasteiger partial charge on any atom is 0.0273 e. The summed E-state index contributed by atoms with van der Waals surface area (Å²) >= 11 is 0. The highest BCUT2D eigenvalue weighted by Crippen LogP contribution is 2.25. The summed E-state index contributed by atoms with van der Waals surface area (Å²) < 4.78 is 0. The standard InChI is InChI=1S/C14H15N/c1-5-6-14(12(4)11(2)3)13-7-9-15-10-8-13/h5-10H,1-2,4H2,3H3/b14-6+. The molecule has 1 nitrogen and oxygen atoms in total. The van der Waals surface area contributed by atoms with Gasteiger partial charge >= 0.3 is 0 Å². The van der Waals surface area contributed by atoms with E-state index in [9.17, 15) is 0 Å². The molecule has 1 heterocycles. The molecule has 0 amide bonds. The smallest absolute Gasteiger partial charge is 0.0273 e. The Balaban J connectivity index is 3.16. The molecule has 0 radical (unpaired) electrons. The molecule has 0 aliphatic rings. The van der Waals surface area contributed by atoms with Crippen LogP contribution in [0.3, 0.4) is 0 Å². The van der Waals surface area contributed by atoms with Crippen molar-refractivity contribution in [3.8, 4) is 0 Å². The number of nitrogens with zero attached hydrogens (tertiary/aromatic N) is 1. The van der Waals surface area contributed by atoms with Gasteiger partial charge in [-0.05, 0) is 35.8 Å². The van der Waals surface area contributed by atoms with Gasteiger partial charge in [0, 0.05) is 12.4 Å². The van der Waals surface area contributed by atoms with E-state index in [-0.39, 0.29) is 0 Å². The molecule has 0 N–H and O–H groups in total. The van der Waals surface area contributed by atoms with Crippen LogP contribution in [0.1, 0.15) is 12.5 Å². The minimum absolute atomic E-state index is 0.932. The van der Waals surface area contributed by atoms with Crippen molar-refractivity contribution in [2.45, 2.75) is 6.92 Å². The topological polar surface area (TPSA) is 12.9 Å². The maximum atomic E-state index is 4.01. The molecular weight excluding hydrogens is 182 g/mol. The summed E-state index contributed by atoms with van der Waals surface area (Å²) in [6, 6.07) is 3.90. The Morgan fingerprint density at radius 2 is 1.87 bits per heavy atom. The molecule has 0 fully saturated rings. The van der Waals surface area contributed by atoms with Crippen LogP contribution in [0.5, 0.6) is 0 Å². The summed E-state index contributed by atoms with van der Waals surface area (Å²) in [7, 11) is 0. The predicted molar refractivity (Wildman–Crippen MR) is 66.4 cm³/mol. The summed E-state index contributed by atoms with van der Waals surface area (Å²) in [5, 5.41) is 0. The Bertz CT molecular complexity index is 410. The second-order valence-electron chi connectivity index (χ2n) is 3.31. The van der Waals surface area contributed by atoms with Crippen molar-refractivity contribution in [3.05, 3.63) is 73.1 Å². The van der Waals surface area contributed by atoms with Gasteiger partial charge in [0.05, 0.1) is 0 Å². The Kier molecular flexibility index (Phi) is 3.81. The van der Waals surface area contributed by atoms with Gasteiger partial charge in [-0.15, -0.1) is 0 Å². The van der Waals surface area contributed by atoms with E-state index in [0.29, 0.717) is 0 Å². The van der Waals surface area contributed by atoms with E-state index in [4.69, 9.17) is 0 Å². The molecule has 1 aromatic rings. The van der Waals surface area contributed by atoms with Gasteiger partial charge in [0.2, 0.25) is 0 Å². The second-order valence-corrected chi connectivity index (χ2v) is 3.31. The van der Waals surface area contributed by atoms with Gasteiger partial charge in [0.25, 0.3) is 0 Å². The third kappa shape index (κ3) is 2.78. The first-order chi connectivity index (χ1) is 7.16. The van der Waals surface area contributed by atoms with Gasteiger partial charge < -0.3 is 0 Å². The lowest BCUT2D eigenvalue weighted by Crippen LogP contribution is -1.90. The fraction of sp³-hybridized carbons (Fsp3) is 0.0714. The fourth-order valence-corrected chi connectivity index (χ4v) is 1.25. The van der Waals surface area contributed by atoms with Crippen LogP contribution in [0.2, 0.25) is 0 Å². The van der Waals surface area contributed by atoms with Crippen LogP contribution in [0, 0.1) is 0 Å². The van der Waals surface area contributed by atoms with Gasteiger partial charge in [0.15, 0.2) is 0 Å². The van der Waals surface area contributed by atoms with E-state index in [1.165, 1.54) is 0 Å². The van der Waals surface area contributed by atoms with Crippen LogP contribution < -0.4 is 0 Å².